The minimum atomic E-state index is 0.138. The molecule has 1 heterocycles. The molecule has 2 aromatic rings. The van der Waals surface area contributed by atoms with Crippen molar-refractivity contribution in [3.63, 3.8) is 0 Å². The van der Waals surface area contributed by atoms with Crippen LogP contribution in [0.4, 0.5) is 5.69 Å². The Bertz CT molecular complexity index is 556. The highest BCUT2D eigenvalue weighted by atomic mass is 32.1. The maximum Gasteiger partial charge on any atom is 0.274 e. The molecule has 0 spiro atoms. The number of thiazole rings is 1. The standard InChI is InChI=1S/C11H10N2OS2/c1-7(2)14-11-13-9-4-3-8(12-6-15)5-10(9)16-11/h3-5,7H,1-2H3. The van der Waals surface area contributed by atoms with E-state index in [1.807, 2.05) is 32.0 Å². The van der Waals surface area contributed by atoms with Crippen LogP contribution in [0.25, 0.3) is 10.2 Å². The minimum Gasteiger partial charge on any atom is -0.467 e. The number of ether oxygens (including phenoxy) is 1. The molecule has 0 aliphatic rings. The molecule has 0 fully saturated rings. The van der Waals surface area contributed by atoms with Gasteiger partial charge in [0.2, 0.25) is 0 Å². The van der Waals surface area contributed by atoms with Crippen molar-refractivity contribution in [2.24, 2.45) is 4.99 Å². The molecule has 0 N–H and O–H groups in total. The first-order valence-corrected chi connectivity index (χ1v) is 6.06. The molecule has 0 aliphatic heterocycles. The Morgan fingerprint density at radius 3 is 3.00 bits per heavy atom. The molecule has 5 heteroatoms. The van der Waals surface area contributed by atoms with Crippen molar-refractivity contribution in [1.29, 1.82) is 0 Å². The number of benzene rings is 1. The number of hydrogen-bond donors (Lipinski definition) is 0. The Hall–Kier alpha value is -1.29. The lowest BCUT2D eigenvalue weighted by Gasteiger charge is -2.03. The van der Waals surface area contributed by atoms with Gasteiger partial charge >= 0.3 is 0 Å². The second-order valence-electron chi connectivity index (χ2n) is 3.50. The summed E-state index contributed by atoms with van der Waals surface area (Å²) < 4.78 is 6.58. The third-order valence-corrected chi connectivity index (χ3v) is 2.86. The van der Waals surface area contributed by atoms with Crippen molar-refractivity contribution in [3.8, 4) is 5.19 Å². The molecule has 0 atom stereocenters. The van der Waals surface area contributed by atoms with E-state index >= 15 is 0 Å². The van der Waals surface area contributed by atoms with Gasteiger partial charge in [-0.15, -0.1) is 0 Å². The van der Waals surface area contributed by atoms with Gasteiger partial charge in [-0.25, -0.2) is 4.98 Å². The van der Waals surface area contributed by atoms with Crippen LogP contribution in [-0.2, 0) is 0 Å². The van der Waals surface area contributed by atoms with Gasteiger partial charge in [0, 0.05) is 0 Å². The summed E-state index contributed by atoms with van der Waals surface area (Å²) in [6.45, 7) is 3.96. The van der Waals surface area contributed by atoms with E-state index in [2.05, 4.69) is 27.4 Å². The number of fused-ring (bicyclic) bond motifs is 1. The smallest absolute Gasteiger partial charge is 0.274 e. The third-order valence-electron chi connectivity index (χ3n) is 1.86. The Morgan fingerprint density at radius 2 is 2.31 bits per heavy atom. The van der Waals surface area contributed by atoms with Crippen LogP contribution in [0.2, 0.25) is 0 Å². The molecule has 0 amide bonds. The lowest BCUT2D eigenvalue weighted by atomic mass is 10.3. The normalized spacial score (nSPS) is 10.4. The number of aromatic nitrogens is 1. The fourth-order valence-electron chi connectivity index (χ4n) is 1.27. The van der Waals surface area contributed by atoms with Crippen LogP contribution in [-0.4, -0.2) is 16.2 Å². The van der Waals surface area contributed by atoms with E-state index in [9.17, 15) is 0 Å². The monoisotopic (exact) mass is 250 g/mol. The Balaban J connectivity index is 2.41. The molecule has 0 bridgehead atoms. The molecule has 0 unspecified atom stereocenters. The molecule has 0 aliphatic carbocycles. The van der Waals surface area contributed by atoms with E-state index in [0.717, 1.165) is 15.9 Å². The quantitative estimate of drug-likeness (QED) is 0.613. The van der Waals surface area contributed by atoms with Crippen LogP contribution < -0.4 is 4.74 Å². The molecule has 82 valence electrons. The molecule has 2 rings (SSSR count). The number of nitrogens with zero attached hydrogens (tertiary/aromatic N) is 2. The maximum atomic E-state index is 5.54. The van der Waals surface area contributed by atoms with E-state index in [-0.39, 0.29) is 6.10 Å². The van der Waals surface area contributed by atoms with E-state index in [4.69, 9.17) is 4.74 Å². The highest BCUT2D eigenvalue weighted by Crippen LogP contribution is 2.31. The first-order chi connectivity index (χ1) is 7.69. The molecule has 0 radical (unpaired) electrons. The first-order valence-electron chi connectivity index (χ1n) is 4.84. The number of aliphatic imine (C=N–C) groups is 1. The molecule has 0 saturated heterocycles. The van der Waals surface area contributed by atoms with Crippen LogP contribution in [0.3, 0.4) is 0 Å². The topological polar surface area (TPSA) is 34.5 Å². The molecular weight excluding hydrogens is 240 g/mol. The summed E-state index contributed by atoms with van der Waals surface area (Å²) >= 11 is 6.08. The van der Waals surface area contributed by atoms with Crippen molar-refractivity contribution < 1.29 is 4.74 Å². The van der Waals surface area contributed by atoms with Crippen molar-refractivity contribution in [3.05, 3.63) is 18.2 Å². The number of hydrogen-bond acceptors (Lipinski definition) is 5. The summed E-state index contributed by atoms with van der Waals surface area (Å²) in [5.74, 6) is 0. The van der Waals surface area contributed by atoms with E-state index in [1.165, 1.54) is 11.3 Å². The number of thiocarbonyl (C=S) groups is 1. The second kappa shape index (κ2) is 4.70. The Morgan fingerprint density at radius 1 is 1.50 bits per heavy atom. The van der Waals surface area contributed by atoms with Crippen molar-refractivity contribution in [2.45, 2.75) is 20.0 Å². The van der Waals surface area contributed by atoms with Gasteiger partial charge in [-0.2, -0.15) is 4.99 Å². The summed E-state index contributed by atoms with van der Waals surface area (Å²) in [5, 5.41) is 3.04. The van der Waals surface area contributed by atoms with Crippen molar-refractivity contribution >= 4 is 44.6 Å². The molecule has 0 saturated carbocycles. The van der Waals surface area contributed by atoms with Gasteiger partial charge in [0.1, 0.15) is 0 Å². The van der Waals surface area contributed by atoms with Gasteiger partial charge in [0.05, 0.1) is 27.2 Å². The first kappa shape index (κ1) is 11.2. The average Bonchev–Trinajstić information content (AvgIpc) is 2.58. The minimum absolute atomic E-state index is 0.138. The van der Waals surface area contributed by atoms with Crippen molar-refractivity contribution in [1.82, 2.24) is 4.98 Å². The van der Waals surface area contributed by atoms with Crippen LogP contribution in [0.1, 0.15) is 13.8 Å². The molecule has 16 heavy (non-hydrogen) atoms. The van der Waals surface area contributed by atoms with Crippen LogP contribution in [0.5, 0.6) is 5.19 Å². The zero-order valence-electron chi connectivity index (χ0n) is 8.93. The lowest BCUT2D eigenvalue weighted by Crippen LogP contribution is -2.04. The van der Waals surface area contributed by atoms with Gasteiger partial charge in [-0.05, 0) is 44.3 Å². The predicted molar refractivity (Wildman–Crippen MR) is 70.1 cm³/mol. The highest BCUT2D eigenvalue weighted by Gasteiger charge is 2.06. The van der Waals surface area contributed by atoms with Crippen molar-refractivity contribution in [2.75, 3.05) is 0 Å². The number of isothiocyanates is 1. The van der Waals surface area contributed by atoms with Crippen LogP contribution >= 0.6 is 23.6 Å². The third kappa shape index (κ3) is 2.44. The zero-order valence-corrected chi connectivity index (χ0v) is 10.6. The van der Waals surface area contributed by atoms with E-state index in [1.54, 1.807) is 0 Å². The van der Waals surface area contributed by atoms with Crippen LogP contribution in [0.15, 0.2) is 23.2 Å². The predicted octanol–water partition coefficient (Wildman–Crippen LogP) is 3.82. The number of rotatable bonds is 3. The van der Waals surface area contributed by atoms with Gasteiger partial charge in [0.25, 0.3) is 5.19 Å². The SMILES string of the molecule is CC(C)Oc1nc2ccc(N=C=S)cc2s1. The molecule has 1 aromatic carbocycles. The van der Waals surface area contributed by atoms with Gasteiger partial charge in [-0.1, -0.05) is 11.3 Å². The Kier molecular flexibility index (Phi) is 3.29. The molecular formula is C11H10N2OS2. The van der Waals surface area contributed by atoms with Gasteiger partial charge in [0.15, 0.2) is 0 Å². The van der Waals surface area contributed by atoms with Gasteiger partial charge < -0.3 is 4.74 Å². The largest absolute Gasteiger partial charge is 0.467 e. The highest BCUT2D eigenvalue weighted by molar-refractivity contribution is 7.78. The van der Waals surface area contributed by atoms with E-state index in [0.29, 0.717) is 5.19 Å². The summed E-state index contributed by atoms with van der Waals surface area (Å²) in [6, 6.07) is 5.70. The summed E-state index contributed by atoms with van der Waals surface area (Å²) in [7, 11) is 0. The van der Waals surface area contributed by atoms with Crippen LogP contribution in [0, 0.1) is 0 Å². The fourth-order valence-corrected chi connectivity index (χ4v) is 2.34. The average molecular weight is 250 g/mol. The summed E-state index contributed by atoms with van der Waals surface area (Å²) in [5.41, 5.74) is 1.71. The summed E-state index contributed by atoms with van der Waals surface area (Å²) in [6.07, 6.45) is 0.138. The van der Waals surface area contributed by atoms with E-state index < -0.39 is 0 Å². The zero-order chi connectivity index (χ0) is 11.5. The fraction of sp³-hybridized carbons (Fsp3) is 0.273. The lowest BCUT2D eigenvalue weighted by molar-refractivity contribution is 0.242. The molecule has 3 nitrogen and oxygen atoms in total. The molecule has 1 aromatic heterocycles. The Labute approximate surface area is 103 Å². The second-order valence-corrected chi connectivity index (χ2v) is 4.68. The maximum absolute atomic E-state index is 5.54. The van der Waals surface area contributed by atoms with Gasteiger partial charge in [-0.3, -0.25) is 0 Å². The summed E-state index contributed by atoms with van der Waals surface area (Å²) in [4.78, 5) is 8.29.